The van der Waals surface area contributed by atoms with Gasteiger partial charge in [-0.3, -0.25) is 4.79 Å². The van der Waals surface area contributed by atoms with Crippen LogP contribution in [0.3, 0.4) is 0 Å². The van der Waals surface area contributed by atoms with E-state index >= 15 is 0 Å². The molecule has 1 heterocycles. The largest absolute Gasteiger partial charge is 0.342 e. The van der Waals surface area contributed by atoms with Crippen molar-refractivity contribution in [1.82, 2.24) is 10.2 Å². The molecule has 0 bridgehead atoms. The van der Waals surface area contributed by atoms with Crippen LogP contribution in [0.5, 0.6) is 0 Å². The van der Waals surface area contributed by atoms with E-state index in [1.807, 2.05) is 24.9 Å². The third-order valence-corrected chi connectivity index (χ3v) is 4.14. The van der Waals surface area contributed by atoms with Gasteiger partial charge in [-0.1, -0.05) is 12.1 Å². The monoisotopic (exact) mass is 314 g/mol. The predicted molar refractivity (Wildman–Crippen MR) is 85.3 cm³/mol. The highest BCUT2D eigenvalue weighted by Crippen LogP contribution is 2.23. The average Bonchev–Trinajstić information content (AvgIpc) is 2.47. The van der Waals surface area contributed by atoms with Crippen molar-refractivity contribution in [2.75, 3.05) is 26.7 Å². The number of piperidine rings is 1. The molecule has 21 heavy (non-hydrogen) atoms. The van der Waals surface area contributed by atoms with E-state index in [1.165, 1.54) is 12.1 Å². The minimum Gasteiger partial charge on any atom is -0.342 e. The van der Waals surface area contributed by atoms with E-state index in [0.717, 1.165) is 38.0 Å². The lowest BCUT2D eigenvalue weighted by Crippen LogP contribution is -2.42. The molecule has 1 aromatic rings. The van der Waals surface area contributed by atoms with E-state index in [-0.39, 0.29) is 30.0 Å². The maximum Gasteiger partial charge on any atom is 0.229 e. The summed E-state index contributed by atoms with van der Waals surface area (Å²) < 4.78 is 13.2. The van der Waals surface area contributed by atoms with E-state index in [4.69, 9.17) is 0 Å². The molecular weight excluding hydrogens is 291 g/mol. The van der Waals surface area contributed by atoms with E-state index in [2.05, 4.69) is 5.32 Å². The molecule has 1 saturated heterocycles. The first-order valence-corrected chi connectivity index (χ1v) is 7.30. The van der Waals surface area contributed by atoms with Crippen molar-refractivity contribution in [1.29, 1.82) is 0 Å². The quantitative estimate of drug-likeness (QED) is 0.927. The van der Waals surface area contributed by atoms with Gasteiger partial charge in [-0.05, 0) is 57.0 Å². The molecule has 0 saturated carbocycles. The summed E-state index contributed by atoms with van der Waals surface area (Å²) >= 11 is 0. The number of carbonyl (C=O) groups excluding carboxylic acids is 1. The van der Waals surface area contributed by atoms with Crippen molar-refractivity contribution < 1.29 is 9.18 Å². The zero-order chi connectivity index (χ0) is 14.5. The van der Waals surface area contributed by atoms with E-state index < -0.39 is 0 Å². The van der Waals surface area contributed by atoms with Gasteiger partial charge in [0, 0.05) is 13.1 Å². The van der Waals surface area contributed by atoms with E-state index in [9.17, 15) is 9.18 Å². The van der Waals surface area contributed by atoms with Gasteiger partial charge in [0.25, 0.3) is 0 Å². The summed E-state index contributed by atoms with van der Waals surface area (Å²) in [5.41, 5.74) is 0.757. The van der Waals surface area contributed by atoms with Crippen LogP contribution in [0.1, 0.15) is 31.2 Å². The lowest BCUT2D eigenvalue weighted by atomic mass is 9.94. The van der Waals surface area contributed by atoms with Crippen LogP contribution >= 0.6 is 12.4 Å². The van der Waals surface area contributed by atoms with Gasteiger partial charge >= 0.3 is 0 Å². The fourth-order valence-corrected chi connectivity index (χ4v) is 2.84. The van der Waals surface area contributed by atoms with Gasteiger partial charge in [0.1, 0.15) is 5.82 Å². The number of hydrogen-bond acceptors (Lipinski definition) is 2. The number of halogens is 2. The summed E-state index contributed by atoms with van der Waals surface area (Å²) in [4.78, 5) is 14.4. The Kier molecular flexibility index (Phi) is 7.12. The first kappa shape index (κ1) is 17.9. The minimum atomic E-state index is -0.283. The zero-order valence-corrected chi connectivity index (χ0v) is 13.5. The van der Waals surface area contributed by atoms with E-state index in [1.54, 1.807) is 6.07 Å². The predicted octanol–water partition coefficient (Wildman–Crippen LogP) is 2.81. The number of amides is 1. The normalized spacial score (nSPS) is 17.2. The van der Waals surface area contributed by atoms with Crippen molar-refractivity contribution in [3.8, 4) is 0 Å². The Morgan fingerprint density at radius 2 is 2.10 bits per heavy atom. The smallest absolute Gasteiger partial charge is 0.229 e. The third kappa shape index (κ3) is 4.68. The molecule has 0 aliphatic carbocycles. The van der Waals surface area contributed by atoms with Crippen molar-refractivity contribution >= 4 is 18.3 Å². The van der Waals surface area contributed by atoms with Crippen LogP contribution in [-0.4, -0.2) is 37.5 Å². The van der Waals surface area contributed by atoms with Gasteiger partial charge in [-0.2, -0.15) is 0 Å². The lowest BCUT2D eigenvalue weighted by molar-refractivity contribution is -0.133. The Morgan fingerprint density at radius 1 is 1.43 bits per heavy atom. The molecule has 0 radical (unpaired) electrons. The first-order chi connectivity index (χ1) is 9.61. The number of likely N-dealkylation sites (tertiary alicyclic amines) is 1. The van der Waals surface area contributed by atoms with E-state index in [0.29, 0.717) is 5.92 Å². The number of nitrogens with zero attached hydrogens (tertiary/aromatic N) is 1. The van der Waals surface area contributed by atoms with Crippen molar-refractivity contribution in [3.05, 3.63) is 35.6 Å². The van der Waals surface area contributed by atoms with Gasteiger partial charge < -0.3 is 10.2 Å². The number of nitrogens with one attached hydrogen (secondary N) is 1. The summed E-state index contributed by atoms with van der Waals surface area (Å²) in [5.74, 6) is 0.216. The fraction of sp³-hybridized carbons (Fsp3) is 0.562. The number of benzene rings is 1. The fourth-order valence-electron chi connectivity index (χ4n) is 2.84. The second kappa shape index (κ2) is 8.35. The topological polar surface area (TPSA) is 32.3 Å². The molecule has 1 atom stereocenters. The SMILES string of the molecule is CNCC1CCN(C(=O)C(C)c2cccc(F)c2)CC1.Cl. The molecular formula is C16H24ClFN2O. The Hall–Kier alpha value is -1.13. The maximum absolute atomic E-state index is 13.2. The molecule has 1 aliphatic rings. The second-order valence-corrected chi connectivity index (χ2v) is 5.60. The highest BCUT2D eigenvalue weighted by atomic mass is 35.5. The average molecular weight is 315 g/mol. The number of carbonyl (C=O) groups is 1. The highest BCUT2D eigenvalue weighted by Gasteiger charge is 2.26. The van der Waals surface area contributed by atoms with Gasteiger partial charge in [-0.25, -0.2) is 4.39 Å². The Balaban J connectivity index is 0.00000220. The van der Waals surface area contributed by atoms with Crippen LogP contribution in [-0.2, 0) is 4.79 Å². The molecule has 2 rings (SSSR count). The van der Waals surface area contributed by atoms with Crippen LogP contribution in [0, 0.1) is 11.7 Å². The number of hydrogen-bond donors (Lipinski definition) is 1. The molecule has 5 heteroatoms. The van der Waals surface area contributed by atoms with Crippen molar-refractivity contribution in [2.24, 2.45) is 5.92 Å². The van der Waals surface area contributed by atoms with Crippen LogP contribution in [0.15, 0.2) is 24.3 Å². The van der Waals surface area contributed by atoms with Gasteiger partial charge in [0.15, 0.2) is 0 Å². The van der Waals surface area contributed by atoms with Crippen molar-refractivity contribution in [3.63, 3.8) is 0 Å². The minimum absolute atomic E-state index is 0. The molecule has 0 spiro atoms. The lowest BCUT2D eigenvalue weighted by Gasteiger charge is -2.33. The van der Waals surface area contributed by atoms with Crippen LogP contribution in [0.25, 0.3) is 0 Å². The molecule has 0 aromatic heterocycles. The van der Waals surface area contributed by atoms with Gasteiger partial charge in [0.05, 0.1) is 5.92 Å². The second-order valence-electron chi connectivity index (χ2n) is 5.60. The Morgan fingerprint density at radius 3 is 2.67 bits per heavy atom. The van der Waals surface area contributed by atoms with Crippen LogP contribution in [0.4, 0.5) is 4.39 Å². The molecule has 1 aliphatic heterocycles. The third-order valence-electron chi connectivity index (χ3n) is 4.14. The van der Waals surface area contributed by atoms with Gasteiger partial charge in [-0.15, -0.1) is 12.4 Å². The molecule has 1 fully saturated rings. The Labute approximate surface area is 132 Å². The zero-order valence-electron chi connectivity index (χ0n) is 12.6. The summed E-state index contributed by atoms with van der Waals surface area (Å²) in [6, 6.07) is 6.34. The summed E-state index contributed by atoms with van der Waals surface area (Å²) in [7, 11) is 1.96. The molecule has 1 N–H and O–H groups in total. The van der Waals surface area contributed by atoms with Gasteiger partial charge in [0.2, 0.25) is 5.91 Å². The first-order valence-electron chi connectivity index (χ1n) is 7.30. The summed E-state index contributed by atoms with van der Waals surface area (Å²) in [6.45, 7) is 4.49. The highest BCUT2D eigenvalue weighted by molar-refractivity contribution is 5.85. The van der Waals surface area contributed by atoms with Crippen molar-refractivity contribution in [2.45, 2.75) is 25.7 Å². The van der Waals surface area contributed by atoms with Crippen LogP contribution < -0.4 is 5.32 Å². The molecule has 1 amide bonds. The molecule has 1 aromatic carbocycles. The summed E-state index contributed by atoms with van der Waals surface area (Å²) in [6.07, 6.45) is 2.09. The molecule has 3 nitrogen and oxygen atoms in total. The Bertz CT molecular complexity index is 461. The van der Waals surface area contributed by atoms with Crippen LogP contribution in [0.2, 0.25) is 0 Å². The standard InChI is InChI=1S/C16H23FN2O.ClH/c1-12(14-4-3-5-15(17)10-14)16(20)19-8-6-13(7-9-19)11-18-2;/h3-5,10,12-13,18H,6-9,11H2,1-2H3;1H. The number of rotatable bonds is 4. The molecule has 118 valence electrons. The molecule has 1 unspecified atom stereocenters. The summed E-state index contributed by atoms with van der Waals surface area (Å²) in [5, 5.41) is 3.19. The maximum atomic E-state index is 13.2.